The predicted octanol–water partition coefficient (Wildman–Crippen LogP) is 3.50. The van der Waals surface area contributed by atoms with E-state index in [4.69, 9.17) is 0 Å². The highest BCUT2D eigenvalue weighted by molar-refractivity contribution is 14.0. The summed E-state index contributed by atoms with van der Waals surface area (Å²) in [6.45, 7) is 2.06. The summed E-state index contributed by atoms with van der Waals surface area (Å²) < 4.78 is 79.2. The van der Waals surface area contributed by atoms with Gasteiger partial charge in [-0.25, -0.2) is 22.5 Å². The molecular weight excluding hydrogens is 551 g/mol. The van der Waals surface area contributed by atoms with Crippen LogP contribution in [0.3, 0.4) is 0 Å². The summed E-state index contributed by atoms with van der Waals surface area (Å²) in [5.41, 5.74) is -1.26. The Balaban J connectivity index is 0.00000480. The number of rotatable bonds is 8. The van der Waals surface area contributed by atoms with Gasteiger partial charge in [0.05, 0.1) is 17.0 Å². The van der Waals surface area contributed by atoms with Crippen molar-refractivity contribution < 1.29 is 26.0 Å². The summed E-state index contributed by atoms with van der Waals surface area (Å²) in [5.74, 6) is -0.778. The quantitative estimate of drug-likeness (QED) is 0.148. The molecule has 6 nitrogen and oxygen atoms in total. The number of sulfonamides is 1. The topological polar surface area (TPSA) is 82.6 Å². The summed E-state index contributed by atoms with van der Waals surface area (Å²) in [6, 6.07) is 10.2. The van der Waals surface area contributed by atoms with E-state index in [0.29, 0.717) is 12.6 Å². The predicted molar refractivity (Wildman–Crippen MR) is 121 cm³/mol. The van der Waals surface area contributed by atoms with Crippen LogP contribution in [0.25, 0.3) is 0 Å². The monoisotopic (exact) mass is 574 g/mol. The van der Waals surface area contributed by atoms with Crippen LogP contribution in [0.15, 0.2) is 58.4 Å². The van der Waals surface area contributed by atoms with Gasteiger partial charge in [-0.05, 0) is 36.8 Å². The first-order chi connectivity index (χ1) is 14.1. The highest BCUT2D eigenvalue weighted by Gasteiger charge is 2.33. The van der Waals surface area contributed by atoms with Crippen molar-refractivity contribution >= 4 is 40.0 Å². The number of aliphatic imine (C=N–C) groups is 1. The van der Waals surface area contributed by atoms with Crippen LogP contribution in [-0.2, 0) is 22.7 Å². The Morgan fingerprint density at radius 2 is 1.71 bits per heavy atom. The van der Waals surface area contributed by atoms with Gasteiger partial charge in [-0.3, -0.25) is 0 Å². The largest absolute Gasteiger partial charge is 0.416 e. The molecule has 2 rings (SSSR count). The molecule has 0 heterocycles. The van der Waals surface area contributed by atoms with Gasteiger partial charge in [-0.15, -0.1) is 24.0 Å². The molecule has 2 aromatic carbocycles. The lowest BCUT2D eigenvalue weighted by molar-refractivity contribution is -0.138. The van der Waals surface area contributed by atoms with E-state index in [1.807, 2.05) is 0 Å². The number of guanidine groups is 1. The molecular formula is C19H23F4IN4O2S. The number of alkyl halides is 3. The van der Waals surface area contributed by atoms with Crippen LogP contribution in [0.5, 0.6) is 0 Å². The van der Waals surface area contributed by atoms with Gasteiger partial charge in [0.15, 0.2) is 5.96 Å². The first-order valence-corrected chi connectivity index (χ1v) is 10.5. The van der Waals surface area contributed by atoms with Crippen molar-refractivity contribution in [3.63, 3.8) is 0 Å². The third kappa shape index (κ3) is 8.61. The molecule has 0 amide bonds. The van der Waals surface area contributed by atoms with Crippen LogP contribution in [-0.4, -0.2) is 34.0 Å². The maximum absolute atomic E-state index is 13.2. The molecule has 0 radical (unpaired) electrons. The molecule has 3 N–H and O–H groups in total. The number of nitrogens with zero attached hydrogens (tertiary/aromatic N) is 1. The zero-order valence-electron chi connectivity index (χ0n) is 16.5. The molecule has 0 spiro atoms. The van der Waals surface area contributed by atoms with E-state index in [1.165, 1.54) is 12.1 Å². The van der Waals surface area contributed by atoms with E-state index in [2.05, 4.69) is 20.3 Å². The van der Waals surface area contributed by atoms with E-state index in [-0.39, 0.29) is 60.0 Å². The van der Waals surface area contributed by atoms with Gasteiger partial charge >= 0.3 is 6.18 Å². The minimum absolute atomic E-state index is 0. The molecule has 0 saturated carbocycles. The van der Waals surface area contributed by atoms with Crippen LogP contribution >= 0.6 is 24.0 Å². The van der Waals surface area contributed by atoms with Crippen molar-refractivity contribution in [1.29, 1.82) is 0 Å². The molecule has 0 fully saturated rings. The van der Waals surface area contributed by atoms with Crippen molar-refractivity contribution in [2.45, 2.75) is 24.5 Å². The van der Waals surface area contributed by atoms with E-state index in [0.717, 1.165) is 12.1 Å². The molecule has 12 heteroatoms. The van der Waals surface area contributed by atoms with Gasteiger partial charge in [0.2, 0.25) is 10.0 Å². The Bertz CT molecular complexity index is 971. The fourth-order valence-electron chi connectivity index (χ4n) is 2.51. The third-order valence-electron chi connectivity index (χ3n) is 3.89. The highest BCUT2D eigenvalue weighted by Crippen LogP contribution is 2.32. The van der Waals surface area contributed by atoms with Crippen LogP contribution in [0.1, 0.15) is 18.1 Å². The van der Waals surface area contributed by atoms with Crippen molar-refractivity contribution in [3.8, 4) is 0 Å². The lowest BCUT2D eigenvalue weighted by Crippen LogP contribution is -2.41. The fourth-order valence-corrected chi connectivity index (χ4v) is 3.56. The van der Waals surface area contributed by atoms with Crippen LogP contribution in [0.4, 0.5) is 17.6 Å². The van der Waals surface area contributed by atoms with Gasteiger partial charge in [-0.1, -0.05) is 24.3 Å². The summed E-state index contributed by atoms with van der Waals surface area (Å²) in [7, 11) is -3.66. The lowest BCUT2D eigenvalue weighted by atomic mass is 10.1. The minimum atomic E-state index is -4.70. The number of nitrogens with one attached hydrogen (secondary N) is 3. The molecule has 2 aromatic rings. The molecule has 0 aliphatic heterocycles. The van der Waals surface area contributed by atoms with Gasteiger partial charge in [0, 0.05) is 19.6 Å². The van der Waals surface area contributed by atoms with Crippen molar-refractivity contribution in [2.75, 3.05) is 19.6 Å². The van der Waals surface area contributed by atoms with Gasteiger partial charge < -0.3 is 10.6 Å². The van der Waals surface area contributed by atoms with Crippen LogP contribution in [0, 0.1) is 5.82 Å². The zero-order valence-corrected chi connectivity index (χ0v) is 19.7. The Morgan fingerprint density at radius 3 is 2.32 bits per heavy atom. The standard InChI is InChI=1S/C19H22F4N4O2S.HI/c1-2-24-18(25-10-11-27-30(28,29)16-6-4-3-5-7-16)26-13-14-8-9-15(20)12-17(14)19(21,22)23;/h3-9,12,27H,2,10-11,13H2,1H3,(H2,24,25,26);1H. The van der Waals surface area contributed by atoms with Gasteiger partial charge in [0.1, 0.15) is 5.82 Å². The summed E-state index contributed by atoms with van der Waals surface area (Å²) >= 11 is 0. The van der Waals surface area contributed by atoms with E-state index < -0.39 is 27.6 Å². The van der Waals surface area contributed by atoms with E-state index in [1.54, 1.807) is 25.1 Å². The van der Waals surface area contributed by atoms with Crippen LogP contribution < -0.4 is 15.4 Å². The second-order valence-electron chi connectivity index (χ2n) is 6.13. The molecule has 31 heavy (non-hydrogen) atoms. The van der Waals surface area contributed by atoms with E-state index >= 15 is 0 Å². The zero-order chi connectivity index (χ0) is 22.2. The third-order valence-corrected chi connectivity index (χ3v) is 5.37. The first kappa shape index (κ1) is 27.1. The van der Waals surface area contributed by atoms with Crippen molar-refractivity contribution in [3.05, 3.63) is 65.5 Å². The molecule has 0 saturated heterocycles. The van der Waals surface area contributed by atoms with Crippen molar-refractivity contribution in [2.24, 2.45) is 4.99 Å². The maximum atomic E-state index is 13.2. The molecule has 0 atom stereocenters. The average Bonchev–Trinajstić information content (AvgIpc) is 2.70. The molecule has 0 aliphatic carbocycles. The second-order valence-corrected chi connectivity index (χ2v) is 7.90. The minimum Gasteiger partial charge on any atom is -0.357 e. The van der Waals surface area contributed by atoms with Crippen LogP contribution in [0.2, 0.25) is 0 Å². The first-order valence-electron chi connectivity index (χ1n) is 9.06. The average molecular weight is 574 g/mol. The Morgan fingerprint density at radius 1 is 1.03 bits per heavy atom. The number of halogens is 5. The summed E-state index contributed by atoms with van der Waals surface area (Å²) in [4.78, 5) is 4.20. The number of hydrogen-bond donors (Lipinski definition) is 3. The fraction of sp³-hybridized carbons (Fsp3) is 0.316. The Kier molecular flexibility index (Phi) is 10.7. The molecule has 0 bridgehead atoms. The normalized spacial score (nSPS) is 12.2. The van der Waals surface area contributed by atoms with Gasteiger partial charge in [-0.2, -0.15) is 13.2 Å². The molecule has 172 valence electrons. The number of benzene rings is 2. The molecule has 0 unspecified atom stereocenters. The second kappa shape index (κ2) is 12.2. The molecule has 0 aromatic heterocycles. The Labute approximate surface area is 195 Å². The smallest absolute Gasteiger partial charge is 0.357 e. The number of hydrogen-bond acceptors (Lipinski definition) is 3. The lowest BCUT2D eigenvalue weighted by Gasteiger charge is -2.14. The SMILES string of the molecule is CCNC(=NCc1ccc(F)cc1C(F)(F)F)NCCNS(=O)(=O)c1ccccc1.I. The summed E-state index contributed by atoms with van der Waals surface area (Å²) in [6.07, 6.45) is -4.70. The van der Waals surface area contributed by atoms with Crippen molar-refractivity contribution in [1.82, 2.24) is 15.4 Å². The Hall–Kier alpha value is -1.93. The highest BCUT2D eigenvalue weighted by atomic mass is 127. The van der Waals surface area contributed by atoms with Gasteiger partial charge in [0.25, 0.3) is 0 Å². The maximum Gasteiger partial charge on any atom is 0.416 e. The molecule has 0 aliphatic rings. The van der Waals surface area contributed by atoms with E-state index in [9.17, 15) is 26.0 Å². The summed E-state index contributed by atoms with van der Waals surface area (Å²) in [5, 5.41) is 5.70.